The summed E-state index contributed by atoms with van der Waals surface area (Å²) in [5.41, 5.74) is 3.34. The van der Waals surface area contributed by atoms with E-state index in [-0.39, 0.29) is 30.8 Å². The quantitative estimate of drug-likeness (QED) is 0.630. The van der Waals surface area contributed by atoms with Gasteiger partial charge in [-0.3, -0.25) is 14.5 Å². The minimum absolute atomic E-state index is 0.170. The van der Waals surface area contributed by atoms with Crippen molar-refractivity contribution in [3.05, 3.63) is 81.7 Å². The maximum atomic E-state index is 13.3. The van der Waals surface area contributed by atoms with Gasteiger partial charge in [0.15, 0.2) is 11.5 Å². The first-order valence-corrected chi connectivity index (χ1v) is 10.3. The smallest absolute Gasteiger partial charge is 0.278 e. The van der Waals surface area contributed by atoms with Crippen molar-refractivity contribution in [2.45, 2.75) is 13.5 Å². The first-order chi connectivity index (χ1) is 14.6. The van der Waals surface area contributed by atoms with E-state index in [0.29, 0.717) is 22.8 Å². The third-order valence-corrected chi connectivity index (χ3v) is 5.93. The summed E-state index contributed by atoms with van der Waals surface area (Å²) in [6, 6.07) is 16.9. The van der Waals surface area contributed by atoms with Gasteiger partial charge in [0.25, 0.3) is 11.8 Å². The van der Waals surface area contributed by atoms with E-state index in [1.807, 2.05) is 48.7 Å². The Hall–Kier alpha value is -3.58. The highest BCUT2D eigenvalue weighted by Gasteiger charge is 2.39. The second-order valence-corrected chi connectivity index (χ2v) is 8.05. The number of ether oxygens (including phenoxy) is 2. The zero-order valence-electron chi connectivity index (χ0n) is 16.2. The molecular weight excluding hydrogens is 400 g/mol. The maximum absolute atomic E-state index is 13.3. The Morgan fingerprint density at radius 3 is 2.57 bits per heavy atom. The van der Waals surface area contributed by atoms with E-state index in [0.717, 1.165) is 16.0 Å². The molecule has 0 unspecified atom stereocenters. The molecule has 5 rings (SSSR count). The first kappa shape index (κ1) is 18.4. The second-order valence-electron chi connectivity index (χ2n) is 7.10. The first-order valence-electron chi connectivity index (χ1n) is 9.47. The SMILES string of the molecule is Cc1ccc(CN2C(=O)C(Nc3ccc4c(c3)OCO4)=C(c3cccs3)C2=O)cc1. The fourth-order valence-corrected chi connectivity index (χ4v) is 4.25. The molecule has 1 N–H and O–H groups in total. The van der Waals surface area contributed by atoms with Gasteiger partial charge < -0.3 is 14.8 Å². The van der Waals surface area contributed by atoms with Crippen molar-refractivity contribution in [1.82, 2.24) is 4.90 Å². The lowest BCUT2D eigenvalue weighted by molar-refractivity contribution is -0.137. The van der Waals surface area contributed by atoms with Crippen LogP contribution >= 0.6 is 11.3 Å². The summed E-state index contributed by atoms with van der Waals surface area (Å²) in [5.74, 6) is 0.613. The van der Waals surface area contributed by atoms with Crippen LogP contribution < -0.4 is 14.8 Å². The van der Waals surface area contributed by atoms with Crippen LogP contribution in [0.1, 0.15) is 16.0 Å². The third-order valence-electron chi connectivity index (χ3n) is 5.04. The molecule has 150 valence electrons. The number of carbonyl (C=O) groups excluding carboxylic acids is 2. The lowest BCUT2D eigenvalue weighted by Gasteiger charge is -2.15. The predicted molar refractivity (Wildman–Crippen MR) is 114 cm³/mol. The summed E-state index contributed by atoms with van der Waals surface area (Å²) in [4.78, 5) is 28.5. The van der Waals surface area contributed by atoms with Crippen molar-refractivity contribution < 1.29 is 19.1 Å². The highest BCUT2D eigenvalue weighted by molar-refractivity contribution is 7.11. The Bertz CT molecular complexity index is 1170. The largest absolute Gasteiger partial charge is 0.454 e. The summed E-state index contributed by atoms with van der Waals surface area (Å²) < 4.78 is 10.8. The molecule has 3 heterocycles. The van der Waals surface area contributed by atoms with Gasteiger partial charge in [0.05, 0.1) is 12.1 Å². The van der Waals surface area contributed by atoms with Gasteiger partial charge in [-0.2, -0.15) is 0 Å². The number of rotatable bonds is 5. The Morgan fingerprint density at radius 2 is 1.80 bits per heavy atom. The van der Waals surface area contributed by atoms with Crippen LogP contribution in [0.5, 0.6) is 11.5 Å². The van der Waals surface area contributed by atoms with Crippen LogP contribution in [-0.4, -0.2) is 23.5 Å². The highest BCUT2D eigenvalue weighted by Crippen LogP contribution is 2.37. The van der Waals surface area contributed by atoms with Crippen LogP contribution in [0.3, 0.4) is 0 Å². The molecule has 2 amide bonds. The Morgan fingerprint density at radius 1 is 1.00 bits per heavy atom. The van der Waals surface area contributed by atoms with Gasteiger partial charge in [0.2, 0.25) is 6.79 Å². The van der Waals surface area contributed by atoms with Gasteiger partial charge in [0, 0.05) is 16.6 Å². The van der Waals surface area contributed by atoms with Crippen LogP contribution in [0.2, 0.25) is 0 Å². The Kier molecular flexibility index (Phi) is 4.52. The van der Waals surface area contributed by atoms with Gasteiger partial charge >= 0.3 is 0 Å². The molecule has 0 bridgehead atoms. The zero-order chi connectivity index (χ0) is 20.7. The molecule has 0 saturated carbocycles. The van der Waals surface area contributed by atoms with Crippen molar-refractivity contribution >= 4 is 34.4 Å². The summed E-state index contributed by atoms with van der Waals surface area (Å²) in [6.07, 6.45) is 0. The number of aryl methyl sites for hydroxylation is 1. The van der Waals surface area contributed by atoms with E-state index in [1.54, 1.807) is 18.2 Å². The fourth-order valence-electron chi connectivity index (χ4n) is 3.48. The molecule has 2 aliphatic heterocycles. The van der Waals surface area contributed by atoms with Crippen LogP contribution in [0.4, 0.5) is 5.69 Å². The number of amides is 2. The van der Waals surface area contributed by atoms with E-state index in [1.165, 1.54) is 16.2 Å². The summed E-state index contributed by atoms with van der Waals surface area (Å²) >= 11 is 1.43. The molecule has 7 heteroatoms. The van der Waals surface area contributed by atoms with Crippen LogP contribution in [0.25, 0.3) is 5.57 Å². The number of hydrogen-bond donors (Lipinski definition) is 1. The number of hydrogen-bond acceptors (Lipinski definition) is 6. The molecule has 0 spiro atoms. The minimum atomic E-state index is -0.346. The molecule has 2 aromatic carbocycles. The van der Waals surface area contributed by atoms with Crippen molar-refractivity contribution in [3.8, 4) is 11.5 Å². The van der Waals surface area contributed by atoms with E-state index in [2.05, 4.69) is 5.32 Å². The highest BCUT2D eigenvalue weighted by atomic mass is 32.1. The molecular formula is C23H18N2O4S. The number of thiophene rings is 1. The van der Waals surface area contributed by atoms with Gasteiger partial charge in [0.1, 0.15) is 5.70 Å². The summed E-state index contributed by atoms with van der Waals surface area (Å²) in [5, 5.41) is 5.04. The van der Waals surface area contributed by atoms with Crippen molar-refractivity contribution in [2.24, 2.45) is 0 Å². The van der Waals surface area contributed by atoms with Crippen molar-refractivity contribution in [2.75, 3.05) is 12.1 Å². The minimum Gasteiger partial charge on any atom is -0.454 e. The van der Waals surface area contributed by atoms with Crippen LogP contribution in [0, 0.1) is 6.92 Å². The average molecular weight is 418 g/mol. The molecule has 1 aromatic heterocycles. The normalized spacial score (nSPS) is 15.3. The molecule has 0 atom stereocenters. The van der Waals surface area contributed by atoms with E-state index in [9.17, 15) is 9.59 Å². The molecule has 3 aromatic rings. The maximum Gasteiger partial charge on any atom is 0.278 e. The van der Waals surface area contributed by atoms with Gasteiger partial charge in [-0.15, -0.1) is 11.3 Å². The summed E-state index contributed by atoms with van der Waals surface area (Å²) in [6.45, 7) is 2.39. The summed E-state index contributed by atoms with van der Waals surface area (Å²) in [7, 11) is 0. The molecule has 30 heavy (non-hydrogen) atoms. The fraction of sp³-hybridized carbons (Fsp3) is 0.130. The third kappa shape index (κ3) is 3.23. The molecule has 2 aliphatic rings. The Balaban J connectivity index is 1.49. The lowest BCUT2D eigenvalue weighted by atomic mass is 10.1. The number of benzene rings is 2. The van der Waals surface area contributed by atoms with Gasteiger partial charge in [-0.05, 0) is 36.1 Å². The van der Waals surface area contributed by atoms with Crippen molar-refractivity contribution in [1.29, 1.82) is 0 Å². The molecule has 0 saturated heterocycles. The van der Waals surface area contributed by atoms with Gasteiger partial charge in [-0.1, -0.05) is 35.9 Å². The van der Waals surface area contributed by atoms with E-state index in [4.69, 9.17) is 9.47 Å². The van der Waals surface area contributed by atoms with E-state index >= 15 is 0 Å². The Labute approximate surface area is 177 Å². The monoisotopic (exact) mass is 418 g/mol. The standard InChI is InChI=1S/C23H18N2O4S/c1-14-4-6-15(7-5-14)12-25-22(26)20(19-3-2-10-30-19)21(23(25)27)24-16-8-9-17-18(11-16)29-13-28-17/h2-11,24H,12-13H2,1H3. The number of carbonyl (C=O) groups is 2. The van der Waals surface area contributed by atoms with Crippen molar-refractivity contribution in [3.63, 3.8) is 0 Å². The van der Waals surface area contributed by atoms with Crippen LogP contribution in [0.15, 0.2) is 65.7 Å². The number of nitrogens with zero attached hydrogens (tertiary/aromatic N) is 1. The zero-order valence-corrected chi connectivity index (χ0v) is 17.0. The second kappa shape index (κ2) is 7.35. The molecule has 0 radical (unpaired) electrons. The molecule has 6 nitrogen and oxygen atoms in total. The van der Waals surface area contributed by atoms with Crippen LogP contribution in [-0.2, 0) is 16.1 Å². The number of fused-ring (bicyclic) bond motifs is 1. The van der Waals surface area contributed by atoms with Gasteiger partial charge in [-0.25, -0.2) is 0 Å². The predicted octanol–water partition coefficient (Wildman–Crippen LogP) is 4.18. The average Bonchev–Trinajstić information content (AvgIpc) is 3.47. The number of nitrogens with one attached hydrogen (secondary N) is 1. The molecule has 0 fully saturated rings. The topological polar surface area (TPSA) is 67.9 Å². The molecule has 0 aliphatic carbocycles. The van der Waals surface area contributed by atoms with E-state index < -0.39 is 0 Å². The number of imide groups is 1. The lowest BCUT2D eigenvalue weighted by Crippen LogP contribution is -2.31. The number of anilines is 1.